The summed E-state index contributed by atoms with van der Waals surface area (Å²) in [4.78, 5) is 15.2. The minimum Gasteiger partial charge on any atom is -0.493 e. The van der Waals surface area contributed by atoms with Crippen LogP contribution in [0.5, 0.6) is 17.2 Å². The second-order valence-electron chi connectivity index (χ2n) is 10.3. The van der Waals surface area contributed by atoms with Crippen LogP contribution in [0.1, 0.15) is 33.3 Å². The highest BCUT2D eigenvalue weighted by Crippen LogP contribution is 2.40. The summed E-state index contributed by atoms with van der Waals surface area (Å²) in [5.74, 6) is 2.78. The lowest BCUT2D eigenvalue weighted by atomic mass is 10.1. The molecule has 0 aliphatic heterocycles. The number of ether oxygens (including phenoxy) is 3. The van der Waals surface area contributed by atoms with E-state index < -0.39 is 0 Å². The highest BCUT2D eigenvalue weighted by Gasteiger charge is 2.17. The summed E-state index contributed by atoms with van der Waals surface area (Å²) in [7, 11) is 4.71. The van der Waals surface area contributed by atoms with Crippen molar-refractivity contribution in [3.63, 3.8) is 0 Å². The fourth-order valence-electron chi connectivity index (χ4n) is 5.07. The van der Waals surface area contributed by atoms with Gasteiger partial charge in [-0.1, -0.05) is 18.2 Å². The first kappa shape index (κ1) is 29.7. The quantitative estimate of drug-likeness (QED) is 0.236. The molecule has 0 fully saturated rings. The van der Waals surface area contributed by atoms with Gasteiger partial charge in [-0.3, -0.25) is 14.3 Å². The van der Waals surface area contributed by atoms with E-state index in [9.17, 15) is 4.79 Å². The molecule has 0 saturated heterocycles. The molecule has 0 saturated carbocycles. The number of anilines is 2. The number of hydrogen-bond acceptors (Lipinski definition) is 8. The number of benzene rings is 2. The van der Waals surface area contributed by atoms with Gasteiger partial charge in [0.25, 0.3) is 0 Å². The summed E-state index contributed by atoms with van der Waals surface area (Å²) in [5.41, 5.74) is 2.61. The number of fused-ring (bicyclic) bond motifs is 1. The van der Waals surface area contributed by atoms with Crippen molar-refractivity contribution < 1.29 is 19.0 Å². The molecule has 0 unspecified atom stereocenters. The Hall–Kier alpha value is -4.31. The number of nitrogens with one attached hydrogen (secondary N) is 2. The highest BCUT2D eigenvalue weighted by molar-refractivity contribution is 5.90. The van der Waals surface area contributed by atoms with Crippen LogP contribution in [0.25, 0.3) is 16.7 Å². The maximum atomic E-state index is 12.9. The monoisotopic (exact) mass is 560 g/mol. The lowest BCUT2D eigenvalue weighted by Gasteiger charge is -2.30. The zero-order chi connectivity index (χ0) is 29.5. The van der Waals surface area contributed by atoms with E-state index in [-0.39, 0.29) is 12.3 Å². The van der Waals surface area contributed by atoms with Crippen LogP contribution in [-0.2, 0) is 11.2 Å². The molecule has 0 aliphatic rings. The first-order valence-corrected chi connectivity index (χ1v) is 13.8. The fraction of sp³-hybridized carbons (Fsp3) is 0.387. The number of methoxy groups -OCH3 is 3. The van der Waals surface area contributed by atoms with Crippen molar-refractivity contribution in [2.75, 3.05) is 39.7 Å². The molecule has 0 spiro atoms. The molecule has 0 radical (unpaired) electrons. The van der Waals surface area contributed by atoms with Crippen LogP contribution in [0, 0.1) is 0 Å². The average molecular weight is 561 g/mol. The van der Waals surface area contributed by atoms with E-state index >= 15 is 0 Å². The Labute approximate surface area is 241 Å². The van der Waals surface area contributed by atoms with Crippen molar-refractivity contribution in [3.8, 4) is 23.1 Å². The van der Waals surface area contributed by atoms with Gasteiger partial charge >= 0.3 is 0 Å². The molecule has 4 aromatic rings. The third-order valence-corrected chi connectivity index (χ3v) is 7.00. The van der Waals surface area contributed by atoms with Crippen molar-refractivity contribution in [2.45, 2.75) is 46.2 Å². The minimum atomic E-state index is -0.00338. The normalized spacial score (nSPS) is 11.4. The van der Waals surface area contributed by atoms with Crippen LogP contribution in [0.4, 0.5) is 11.5 Å². The van der Waals surface area contributed by atoms with Gasteiger partial charge in [-0.15, -0.1) is 10.2 Å². The van der Waals surface area contributed by atoms with Crippen LogP contribution in [0.2, 0.25) is 0 Å². The molecule has 10 heteroatoms. The van der Waals surface area contributed by atoms with E-state index in [1.807, 2.05) is 47.2 Å². The number of amides is 1. The molecule has 0 atom stereocenters. The molecule has 2 heterocycles. The molecule has 2 aromatic carbocycles. The van der Waals surface area contributed by atoms with E-state index in [1.165, 1.54) is 0 Å². The van der Waals surface area contributed by atoms with Gasteiger partial charge in [-0.25, -0.2) is 0 Å². The number of carbonyl (C=O) groups excluding carboxylic acids is 1. The molecule has 1 amide bonds. The Morgan fingerprint density at radius 1 is 0.927 bits per heavy atom. The van der Waals surface area contributed by atoms with E-state index in [1.54, 1.807) is 33.5 Å². The summed E-state index contributed by atoms with van der Waals surface area (Å²) in [6, 6.07) is 16.2. The number of carbonyl (C=O) groups is 1. The molecule has 2 aromatic heterocycles. The second kappa shape index (κ2) is 13.4. The van der Waals surface area contributed by atoms with Gasteiger partial charge in [-0.2, -0.15) is 0 Å². The van der Waals surface area contributed by atoms with Gasteiger partial charge in [0.1, 0.15) is 0 Å². The Kier molecular flexibility index (Phi) is 9.67. The van der Waals surface area contributed by atoms with Gasteiger partial charge in [0, 0.05) is 54.6 Å². The van der Waals surface area contributed by atoms with Gasteiger partial charge in [0.2, 0.25) is 11.7 Å². The molecule has 10 nitrogen and oxygen atoms in total. The van der Waals surface area contributed by atoms with Crippen LogP contribution in [0.3, 0.4) is 0 Å². The highest BCUT2D eigenvalue weighted by atomic mass is 16.5. The topological polar surface area (TPSA) is 103 Å². The SMILES string of the molecule is COc1cc(Nc2ccc(-n3cc(CC(=O)NCCN(C(C)C)C(C)C)c4ccccc43)nn2)cc(OC)c1OC. The number of nitrogens with zero attached hydrogens (tertiary/aromatic N) is 4. The van der Waals surface area contributed by atoms with Crippen LogP contribution in [-0.4, -0.2) is 72.1 Å². The molecular weight excluding hydrogens is 520 g/mol. The number of hydrogen-bond donors (Lipinski definition) is 2. The maximum absolute atomic E-state index is 12.9. The summed E-state index contributed by atoms with van der Waals surface area (Å²) in [6.07, 6.45) is 2.25. The van der Waals surface area contributed by atoms with Gasteiger partial charge < -0.3 is 24.8 Å². The summed E-state index contributed by atoms with van der Waals surface area (Å²) < 4.78 is 18.2. The van der Waals surface area contributed by atoms with Gasteiger partial charge in [0.15, 0.2) is 23.1 Å². The number of aromatic nitrogens is 3. The van der Waals surface area contributed by atoms with Crippen molar-refractivity contribution in [1.82, 2.24) is 25.0 Å². The third kappa shape index (κ3) is 6.89. The molecule has 2 N–H and O–H groups in total. The van der Waals surface area contributed by atoms with Crippen molar-refractivity contribution in [2.24, 2.45) is 0 Å². The van der Waals surface area contributed by atoms with Gasteiger partial charge in [-0.05, 0) is 51.5 Å². The number of rotatable bonds is 13. The standard InChI is InChI=1S/C31H40N6O4/c1-20(2)36(21(3)4)15-14-32-30(38)16-22-19-37(25-11-9-8-10-24(22)25)29-13-12-28(34-35-29)33-23-17-26(39-5)31(41-7)27(18-23)40-6/h8-13,17-21H,14-16H2,1-7H3,(H,32,38)(H,33,34). The predicted octanol–water partition coefficient (Wildman–Crippen LogP) is 4.97. The second-order valence-corrected chi connectivity index (χ2v) is 10.3. The third-order valence-electron chi connectivity index (χ3n) is 7.00. The Morgan fingerprint density at radius 2 is 1.61 bits per heavy atom. The van der Waals surface area contributed by atoms with E-state index in [2.05, 4.69) is 53.4 Å². The fourth-order valence-corrected chi connectivity index (χ4v) is 5.07. The van der Waals surface area contributed by atoms with Gasteiger partial charge in [0.05, 0.1) is 33.3 Å². The van der Waals surface area contributed by atoms with Crippen LogP contribution < -0.4 is 24.8 Å². The summed E-state index contributed by atoms with van der Waals surface area (Å²) >= 11 is 0. The molecule has 4 rings (SSSR count). The number of para-hydroxylation sites is 1. The maximum Gasteiger partial charge on any atom is 0.224 e. The predicted molar refractivity (Wildman–Crippen MR) is 162 cm³/mol. The van der Waals surface area contributed by atoms with Crippen molar-refractivity contribution >= 4 is 28.3 Å². The summed E-state index contributed by atoms with van der Waals surface area (Å²) in [6.45, 7) is 10.1. The molecule has 218 valence electrons. The lowest BCUT2D eigenvalue weighted by molar-refractivity contribution is -0.120. The minimum absolute atomic E-state index is 0.00338. The Morgan fingerprint density at radius 3 is 2.20 bits per heavy atom. The molecular formula is C31H40N6O4. The van der Waals surface area contributed by atoms with E-state index in [0.717, 1.165) is 23.0 Å². The van der Waals surface area contributed by atoms with E-state index in [0.29, 0.717) is 53.2 Å². The Bertz CT molecular complexity index is 1430. The Balaban J connectivity index is 1.50. The van der Waals surface area contributed by atoms with E-state index in [4.69, 9.17) is 14.2 Å². The zero-order valence-electron chi connectivity index (χ0n) is 24.9. The van der Waals surface area contributed by atoms with Crippen molar-refractivity contribution in [3.05, 3.63) is 60.3 Å². The lowest BCUT2D eigenvalue weighted by Crippen LogP contribution is -2.42. The molecule has 0 bridgehead atoms. The molecule has 0 aliphatic carbocycles. The van der Waals surface area contributed by atoms with Crippen molar-refractivity contribution in [1.29, 1.82) is 0 Å². The molecule has 41 heavy (non-hydrogen) atoms. The smallest absolute Gasteiger partial charge is 0.224 e. The largest absolute Gasteiger partial charge is 0.493 e. The first-order chi connectivity index (χ1) is 19.7. The van der Waals surface area contributed by atoms with Crippen LogP contribution in [0.15, 0.2) is 54.7 Å². The van der Waals surface area contributed by atoms with Crippen LogP contribution >= 0.6 is 0 Å². The average Bonchev–Trinajstić information content (AvgIpc) is 3.32. The zero-order valence-corrected chi connectivity index (χ0v) is 24.9. The first-order valence-electron chi connectivity index (χ1n) is 13.8. The summed E-state index contributed by atoms with van der Waals surface area (Å²) in [5, 5.41) is 16.2.